The first-order chi connectivity index (χ1) is 26.8. The Morgan fingerprint density at radius 3 is 2.09 bits per heavy atom. The van der Waals surface area contributed by atoms with Gasteiger partial charge in [-0.05, 0) is 88.0 Å². The normalized spacial score (nSPS) is 13.7. The number of benzene rings is 7. The number of aromatic nitrogens is 1. The minimum Gasteiger partial charge on any atom is -0.450 e. The van der Waals surface area contributed by atoms with Gasteiger partial charge in [0, 0.05) is 49.6 Å². The molecule has 2 aromatic heterocycles. The Labute approximate surface area is 323 Å². The standard InChI is InChI=1S/C49H35BN2O2S/c1-28-23-35-31-16-12-17-33-46(31)52(47-32-15-8-11-20-44(32)55-48(33)47)50-36-26-42-43(54-41-19-10-9-18-40(41)53-42)27-38(36)51(39(24-28)45(35)50)37-22-21-30(49(2,3)4)25-34(37)29-13-6-5-7-14-29/h5-27H,1-4H3. The van der Waals surface area contributed by atoms with Crippen LogP contribution in [-0.2, 0) is 5.41 Å². The van der Waals surface area contributed by atoms with E-state index in [1.54, 1.807) is 0 Å². The summed E-state index contributed by atoms with van der Waals surface area (Å²) in [4.78, 5) is 2.51. The Morgan fingerprint density at radius 1 is 0.564 bits per heavy atom. The molecule has 0 unspecified atom stereocenters. The highest BCUT2D eigenvalue weighted by Crippen LogP contribution is 2.53. The molecule has 0 N–H and O–H groups in total. The van der Waals surface area contributed by atoms with Crippen LogP contribution in [0.4, 0.5) is 17.1 Å². The van der Waals surface area contributed by atoms with E-state index in [0.717, 1.165) is 28.6 Å². The van der Waals surface area contributed by atoms with Crippen LogP contribution >= 0.6 is 11.3 Å². The van der Waals surface area contributed by atoms with Gasteiger partial charge in [-0.1, -0.05) is 112 Å². The SMILES string of the molecule is Cc1cc2c3c(c1)N(c1ccc(C(C)(C)C)cc1-c1ccccc1)c1cc4c(cc1B3n1c3c-2cccc3c2sc3ccccc3c21)Oc1ccccc1O4. The van der Waals surface area contributed by atoms with E-state index in [0.29, 0.717) is 5.75 Å². The van der Waals surface area contributed by atoms with Crippen LogP contribution in [0.25, 0.3) is 53.5 Å². The van der Waals surface area contributed by atoms with Crippen LogP contribution in [0.5, 0.6) is 23.0 Å². The van der Waals surface area contributed by atoms with Crippen molar-refractivity contribution in [3.63, 3.8) is 0 Å². The molecule has 0 saturated carbocycles. The van der Waals surface area contributed by atoms with E-state index in [-0.39, 0.29) is 12.3 Å². The summed E-state index contributed by atoms with van der Waals surface area (Å²) in [5.41, 5.74) is 15.9. The Bertz CT molecular complexity index is 3120. The molecule has 0 fully saturated rings. The minimum atomic E-state index is -0.107. The van der Waals surface area contributed by atoms with Gasteiger partial charge in [-0.15, -0.1) is 11.3 Å². The van der Waals surface area contributed by atoms with Crippen molar-refractivity contribution in [3.05, 3.63) is 151 Å². The smallest absolute Gasteiger partial charge is 0.333 e. The molecule has 7 aromatic carbocycles. The zero-order valence-corrected chi connectivity index (χ0v) is 31.8. The van der Waals surface area contributed by atoms with Gasteiger partial charge in [-0.2, -0.15) is 0 Å². The van der Waals surface area contributed by atoms with Crippen molar-refractivity contribution >= 4 is 77.4 Å². The van der Waals surface area contributed by atoms with E-state index in [9.17, 15) is 0 Å². The van der Waals surface area contributed by atoms with Gasteiger partial charge in [0.15, 0.2) is 23.0 Å². The zero-order valence-electron chi connectivity index (χ0n) is 31.0. The zero-order chi connectivity index (χ0) is 36.7. The van der Waals surface area contributed by atoms with Gasteiger partial charge in [0.1, 0.15) is 0 Å². The first-order valence-electron chi connectivity index (χ1n) is 19.0. The van der Waals surface area contributed by atoms with Crippen molar-refractivity contribution in [2.45, 2.75) is 33.1 Å². The molecule has 0 saturated heterocycles. The lowest BCUT2D eigenvalue weighted by atomic mass is 9.45. The third-order valence-electron chi connectivity index (χ3n) is 11.8. The summed E-state index contributed by atoms with van der Waals surface area (Å²) in [6.07, 6.45) is 0. The van der Waals surface area contributed by atoms with Gasteiger partial charge < -0.3 is 18.9 Å². The number of ether oxygens (including phenoxy) is 2. The molecule has 55 heavy (non-hydrogen) atoms. The molecule has 0 amide bonds. The Balaban J connectivity index is 1.23. The van der Waals surface area contributed by atoms with Crippen molar-refractivity contribution < 1.29 is 9.47 Å². The number of fused-ring (bicyclic) bond motifs is 11. The highest BCUT2D eigenvalue weighted by Gasteiger charge is 2.45. The first-order valence-corrected chi connectivity index (χ1v) is 19.9. The van der Waals surface area contributed by atoms with Crippen molar-refractivity contribution in [2.75, 3.05) is 4.90 Å². The minimum absolute atomic E-state index is 0.0225. The summed E-state index contributed by atoms with van der Waals surface area (Å²) in [5.74, 6) is 2.90. The lowest BCUT2D eigenvalue weighted by Gasteiger charge is -2.42. The second-order valence-corrected chi connectivity index (χ2v) is 17.2. The molecule has 5 heterocycles. The number of hydrogen-bond acceptors (Lipinski definition) is 4. The van der Waals surface area contributed by atoms with Gasteiger partial charge in [0.25, 0.3) is 0 Å². The molecule has 0 bridgehead atoms. The average Bonchev–Trinajstić information content (AvgIpc) is 3.73. The van der Waals surface area contributed by atoms with E-state index >= 15 is 0 Å². The number of aryl methyl sites for hydroxylation is 1. The summed E-state index contributed by atoms with van der Waals surface area (Å²) in [7, 11) is 0. The molecule has 0 aliphatic carbocycles. The number of hydrogen-bond donors (Lipinski definition) is 0. The maximum absolute atomic E-state index is 6.69. The Kier molecular flexibility index (Phi) is 6.19. The summed E-state index contributed by atoms with van der Waals surface area (Å²) in [6, 6.07) is 50.9. The lowest BCUT2D eigenvalue weighted by Crippen LogP contribution is -2.56. The predicted octanol–water partition coefficient (Wildman–Crippen LogP) is 12.6. The quantitative estimate of drug-likeness (QED) is 0.166. The van der Waals surface area contributed by atoms with E-state index in [1.807, 2.05) is 35.6 Å². The van der Waals surface area contributed by atoms with Gasteiger partial charge in [-0.3, -0.25) is 0 Å². The molecule has 262 valence electrons. The highest BCUT2D eigenvalue weighted by molar-refractivity contribution is 7.27. The number of rotatable bonds is 2. The number of nitrogens with zero attached hydrogens (tertiary/aromatic N) is 2. The van der Waals surface area contributed by atoms with Crippen LogP contribution < -0.4 is 25.3 Å². The number of para-hydroxylation sites is 3. The second-order valence-electron chi connectivity index (χ2n) is 16.2. The van der Waals surface area contributed by atoms with Crippen molar-refractivity contribution in [3.8, 4) is 45.3 Å². The number of anilines is 3. The van der Waals surface area contributed by atoms with Crippen LogP contribution in [-0.4, -0.2) is 11.3 Å². The number of thiophene rings is 1. The second kappa shape index (κ2) is 10.9. The molecular formula is C49H35BN2O2S. The van der Waals surface area contributed by atoms with Crippen molar-refractivity contribution in [1.29, 1.82) is 0 Å². The van der Waals surface area contributed by atoms with Gasteiger partial charge in [0.05, 0.1) is 15.9 Å². The van der Waals surface area contributed by atoms with Crippen LogP contribution in [0.2, 0.25) is 0 Å². The van der Waals surface area contributed by atoms with Crippen LogP contribution in [0.15, 0.2) is 140 Å². The van der Waals surface area contributed by atoms with Crippen LogP contribution in [0.3, 0.4) is 0 Å². The lowest BCUT2D eigenvalue weighted by molar-refractivity contribution is 0.360. The van der Waals surface area contributed by atoms with E-state index in [2.05, 4.69) is 152 Å². The third-order valence-corrected chi connectivity index (χ3v) is 13.0. The molecule has 0 radical (unpaired) electrons. The molecule has 0 atom stereocenters. The topological polar surface area (TPSA) is 26.6 Å². The summed E-state index contributed by atoms with van der Waals surface area (Å²) in [5, 5.41) is 2.60. The molecule has 9 aromatic rings. The highest BCUT2D eigenvalue weighted by atomic mass is 32.1. The molecule has 3 aliphatic rings. The fourth-order valence-corrected chi connectivity index (χ4v) is 10.6. The molecule has 3 aliphatic heterocycles. The van der Waals surface area contributed by atoms with Crippen LogP contribution in [0, 0.1) is 6.92 Å². The molecule has 0 spiro atoms. The van der Waals surface area contributed by atoms with Crippen LogP contribution in [0.1, 0.15) is 31.9 Å². The average molecular weight is 727 g/mol. The van der Waals surface area contributed by atoms with Gasteiger partial charge in [-0.25, -0.2) is 0 Å². The van der Waals surface area contributed by atoms with E-state index in [1.165, 1.54) is 81.2 Å². The largest absolute Gasteiger partial charge is 0.450 e. The van der Waals surface area contributed by atoms with Gasteiger partial charge in [0.2, 0.25) is 0 Å². The summed E-state index contributed by atoms with van der Waals surface area (Å²) >= 11 is 1.90. The van der Waals surface area contributed by atoms with Crippen molar-refractivity contribution in [2.24, 2.45) is 0 Å². The molecule has 4 nitrogen and oxygen atoms in total. The molecule has 12 rings (SSSR count). The summed E-state index contributed by atoms with van der Waals surface area (Å²) in [6.45, 7) is 9.01. The third kappa shape index (κ3) is 4.29. The van der Waals surface area contributed by atoms with Crippen molar-refractivity contribution in [1.82, 2.24) is 4.48 Å². The monoisotopic (exact) mass is 726 g/mol. The first kappa shape index (κ1) is 31.1. The van der Waals surface area contributed by atoms with E-state index < -0.39 is 0 Å². The summed E-state index contributed by atoms with van der Waals surface area (Å²) < 4.78 is 18.7. The fraction of sp³-hybridized carbons (Fsp3) is 0.102. The van der Waals surface area contributed by atoms with Gasteiger partial charge >= 0.3 is 6.85 Å². The predicted molar refractivity (Wildman–Crippen MR) is 231 cm³/mol. The van der Waals surface area contributed by atoms with E-state index in [4.69, 9.17) is 9.47 Å². The molecule has 6 heteroatoms. The fourth-order valence-electron chi connectivity index (χ4n) is 9.35. The Hall–Kier alpha value is -6.24. The maximum atomic E-state index is 6.69. The molecular weight excluding hydrogens is 691 g/mol. The Morgan fingerprint density at radius 2 is 1.29 bits per heavy atom. The maximum Gasteiger partial charge on any atom is 0.333 e.